The third kappa shape index (κ3) is 3.71. The van der Waals surface area contributed by atoms with Gasteiger partial charge in [0.2, 0.25) is 0 Å². The van der Waals surface area contributed by atoms with Gasteiger partial charge in [0.05, 0.1) is 23.5 Å². The van der Waals surface area contributed by atoms with Crippen LogP contribution in [0.5, 0.6) is 11.5 Å². The Balaban J connectivity index is 1.51. The molecule has 1 atom stereocenters. The highest BCUT2D eigenvalue weighted by Crippen LogP contribution is 2.32. The maximum Gasteiger partial charge on any atom is 0.255 e. The smallest absolute Gasteiger partial charge is 0.255 e. The van der Waals surface area contributed by atoms with Gasteiger partial charge in [-0.1, -0.05) is 36.4 Å². The van der Waals surface area contributed by atoms with Crippen LogP contribution in [0, 0.1) is 0 Å². The second-order valence-corrected chi connectivity index (χ2v) is 6.89. The maximum atomic E-state index is 12.9. The molecule has 1 aromatic heterocycles. The van der Waals surface area contributed by atoms with Gasteiger partial charge in [0.1, 0.15) is 13.2 Å². The van der Waals surface area contributed by atoms with Crippen LogP contribution in [0.3, 0.4) is 0 Å². The summed E-state index contributed by atoms with van der Waals surface area (Å²) in [4.78, 5) is 12.9. The molecule has 0 saturated heterocycles. The Morgan fingerprint density at radius 3 is 2.68 bits per heavy atom. The van der Waals surface area contributed by atoms with E-state index in [1.807, 2.05) is 62.5 Å². The molecule has 144 valence electrons. The lowest BCUT2D eigenvalue weighted by Crippen LogP contribution is -2.27. The number of amides is 1. The van der Waals surface area contributed by atoms with Crippen LogP contribution in [0.2, 0.25) is 0 Å². The summed E-state index contributed by atoms with van der Waals surface area (Å²) < 4.78 is 13.0. The molecule has 4 rings (SSSR count). The molecule has 1 N–H and O–H groups in total. The molecule has 0 spiro atoms. The predicted molar refractivity (Wildman–Crippen MR) is 106 cm³/mol. The van der Waals surface area contributed by atoms with Gasteiger partial charge < -0.3 is 14.8 Å². The van der Waals surface area contributed by atoms with Gasteiger partial charge >= 0.3 is 0 Å². The molecule has 2 heterocycles. The first kappa shape index (κ1) is 18.1. The summed E-state index contributed by atoms with van der Waals surface area (Å²) in [5.74, 6) is 1.32. The minimum atomic E-state index is -0.173. The zero-order chi connectivity index (χ0) is 19.5. The summed E-state index contributed by atoms with van der Waals surface area (Å²) in [6, 6.07) is 15.7. The molecular formula is C22H23N3O3. The van der Waals surface area contributed by atoms with E-state index in [9.17, 15) is 4.79 Å². The molecule has 6 heteroatoms. The summed E-state index contributed by atoms with van der Waals surface area (Å²) >= 11 is 0. The quantitative estimate of drug-likeness (QED) is 0.741. The molecule has 28 heavy (non-hydrogen) atoms. The van der Waals surface area contributed by atoms with Crippen LogP contribution in [0.4, 0.5) is 0 Å². The van der Waals surface area contributed by atoms with E-state index < -0.39 is 0 Å². The van der Waals surface area contributed by atoms with Crippen molar-refractivity contribution in [2.75, 3.05) is 13.2 Å². The fourth-order valence-corrected chi connectivity index (χ4v) is 3.34. The van der Waals surface area contributed by atoms with E-state index in [4.69, 9.17) is 9.47 Å². The number of carbonyl (C=O) groups is 1. The SMILES string of the molecule is CC(NC(=O)c1cnn(C)c1Cc1ccccc1)c1ccc2c(c1)OCCO2. The monoisotopic (exact) mass is 377 g/mol. The fraction of sp³-hybridized carbons (Fsp3) is 0.273. The number of rotatable bonds is 5. The van der Waals surface area contributed by atoms with Crippen LogP contribution in [0.25, 0.3) is 0 Å². The largest absolute Gasteiger partial charge is 0.486 e. The number of hydrogen-bond donors (Lipinski definition) is 1. The topological polar surface area (TPSA) is 65.4 Å². The van der Waals surface area contributed by atoms with E-state index in [1.54, 1.807) is 10.9 Å². The van der Waals surface area contributed by atoms with Crippen LogP contribution in [-0.4, -0.2) is 28.9 Å². The molecular weight excluding hydrogens is 354 g/mol. The van der Waals surface area contributed by atoms with E-state index in [0.29, 0.717) is 25.2 Å². The lowest BCUT2D eigenvalue weighted by molar-refractivity contribution is 0.0938. The van der Waals surface area contributed by atoms with Gasteiger partial charge in [-0.05, 0) is 30.2 Å². The molecule has 3 aromatic rings. The van der Waals surface area contributed by atoms with Crippen LogP contribution in [-0.2, 0) is 13.5 Å². The molecule has 0 aliphatic carbocycles. The molecule has 0 fully saturated rings. The predicted octanol–water partition coefficient (Wildman–Crippen LogP) is 3.27. The van der Waals surface area contributed by atoms with Crippen LogP contribution < -0.4 is 14.8 Å². The molecule has 2 aromatic carbocycles. The Kier molecular flexibility index (Phi) is 5.02. The van der Waals surface area contributed by atoms with Crippen molar-refractivity contribution in [3.8, 4) is 11.5 Å². The van der Waals surface area contributed by atoms with E-state index >= 15 is 0 Å². The van der Waals surface area contributed by atoms with Crippen LogP contribution >= 0.6 is 0 Å². The van der Waals surface area contributed by atoms with Crippen molar-refractivity contribution in [1.29, 1.82) is 0 Å². The van der Waals surface area contributed by atoms with Crippen LogP contribution in [0.15, 0.2) is 54.7 Å². The number of benzene rings is 2. The summed E-state index contributed by atoms with van der Waals surface area (Å²) in [5.41, 5.74) is 3.58. The molecule has 0 bridgehead atoms. The Hall–Kier alpha value is -3.28. The lowest BCUT2D eigenvalue weighted by atomic mass is 10.0. The van der Waals surface area contributed by atoms with Gasteiger partial charge in [-0.3, -0.25) is 9.48 Å². The number of nitrogens with zero attached hydrogens (tertiary/aromatic N) is 2. The third-order valence-corrected chi connectivity index (χ3v) is 4.93. The minimum absolute atomic E-state index is 0.138. The van der Waals surface area contributed by atoms with Crippen molar-refractivity contribution in [1.82, 2.24) is 15.1 Å². The molecule has 1 aliphatic rings. The Morgan fingerprint density at radius 2 is 1.89 bits per heavy atom. The number of aromatic nitrogens is 2. The molecule has 0 saturated carbocycles. The number of fused-ring (bicyclic) bond motifs is 1. The van der Waals surface area contributed by atoms with Crippen molar-refractivity contribution < 1.29 is 14.3 Å². The Morgan fingerprint density at radius 1 is 1.14 bits per heavy atom. The average Bonchev–Trinajstić information content (AvgIpc) is 3.08. The van der Waals surface area contributed by atoms with Gasteiger partial charge in [-0.15, -0.1) is 0 Å². The summed E-state index contributed by atoms with van der Waals surface area (Å²) in [6.07, 6.45) is 2.28. The van der Waals surface area contributed by atoms with E-state index in [2.05, 4.69) is 10.4 Å². The second kappa shape index (κ2) is 7.76. The van der Waals surface area contributed by atoms with E-state index in [1.165, 1.54) is 0 Å². The van der Waals surface area contributed by atoms with Crippen molar-refractivity contribution in [2.45, 2.75) is 19.4 Å². The van der Waals surface area contributed by atoms with Gasteiger partial charge in [0, 0.05) is 13.5 Å². The Labute approximate surface area is 164 Å². The highest BCUT2D eigenvalue weighted by atomic mass is 16.6. The first-order valence-corrected chi connectivity index (χ1v) is 9.37. The first-order valence-electron chi connectivity index (χ1n) is 9.37. The number of hydrogen-bond acceptors (Lipinski definition) is 4. The van der Waals surface area contributed by atoms with Crippen LogP contribution in [0.1, 0.15) is 40.1 Å². The van der Waals surface area contributed by atoms with Crippen molar-refractivity contribution >= 4 is 5.91 Å². The molecule has 1 unspecified atom stereocenters. The lowest BCUT2D eigenvalue weighted by Gasteiger charge is -2.21. The fourth-order valence-electron chi connectivity index (χ4n) is 3.34. The highest BCUT2D eigenvalue weighted by Gasteiger charge is 2.20. The maximum absolute atomic E-state index is 12.9. The summed E-state index contributed by atoms with van der Waals surface area (Å²) in [7, 11) is 1.86. The number of aryl methyl sites for hydroxylation is 1. The third-order valence-electron chi connectivity index (χ3n) is 4.93. The van der Waals surface area contributed by atoms with E-state index in [0.717, 1.165) is 28.3 Å². The van der Waals surface area contributed by atoms with Gasteiger partial charge in [-0.25, -0.2) is 0 Å². The Bertz CT molecular complexity index is 982. The zero-order valence-electron chi connectivity index (χ0n) is 16.0. The molecule has 1 aliphatic heterocycles. The minimum Gasteiger partial charge on any atom is -0.486 e. The number of carbonyl (C=O) groups excluding carboxylic acids is 1. The average molecular weight is 377 g/mol. The molecule has 1 amide bonds. The van der Waals surface area contributed by atoms with Crippen molar-refractivity contribution in [3.63, 3.8) is 0 Å². The van der Waals surface area contributed by atoms with Gasteiger partial charge in [0.25, 0.3) is 5.91 Å². The zero-order valence-corrected chi connectivity index (χ0v) is 16.0. The molecule has 0 radical (unpaired) electrons. The molecule has 6 nitrogen and oxygen atoms in total. The number of ether oxygens (including phenoxy) is 2. The van der Waals surface area contributed by atoms with E-state index in [-0.39, 0.29) is 11.9 Å². The van der Waals surface area contributed by atoms with Crippen molar-refractivity contribution in [3.05, 3.63) is 77.1 Å². The van der Waals surface area contributed by atoms with Gasteiger partial charge in [-0.2, -0.15) is 5.10 Å². The highest BCUT2D eigenvalue weighted by molar-refractivity contribution is 5.95. The van der Waals surface area contributed by atoms with Crippen molar-refractivity contribution in [2.24, 2.45) is 7.05 Å². The second-order valence-electron chi connectivity index (χ2n) is 6.89. The standard InChI is InChI=1S/C22H23N3O3/c1-15(17-8-9-20-21(13-17)28-11-10-27-20)24-22(26)18-14-23-25(2)19(18)12-16-6-4-3-5-7-16/h3-9,13-15H,10-12H2,1-2H3,(H,24,26). The number of nitrogens with one attached hydrogen (secondary N) is 1. The first-order chi connectivity index (χ1) is 13.6. The normalized spacial score (nSPS) is 13.8. The van der Waals surface area contributed by atoms with Gasteiger partial charge in [0.15, 0.2) is 11.5 Å². The summed E-state index contributed by atoms with van der Waals surface area (Å²) in [5, 5.41) is 7.36. The summed E-state index contributed by atoms with van der Waals surface area (Å²) in [6.45, 7) is 3.05.